The summed E-state index contributed by atoms with van der Waals surface area (Å²) in [5.41, 5.74) is 9.33. The number of aromatic nitrogens is 1. The lowest BCUT2D eigenvalue weighted by atomic mass is 10.0. The van der Waals surface area contributed by atoms with Gasteiger partial charge in [0, 0.05) is 24.2 Å². The Morgan fingerprint density at radius 2 is 1.80 bits per heavy atom. The molecule has 2 aromatic rings. The minimum absolute atomic E-state index is 0.0812. The lowest BCUT2D eigenvalue weighted by Gasteiger charge is -2.10. The van der Waals surface area contributed by atoms with E-state index in [1.54, 1.807) is 6.20 Å². The summed E-state index contributed by atoms with van der Waals surface area (Å²) < 4.78 is 12.2. The Balaban J connectivity index is 2.17. The van der Waals surface area contributed by atoms with E-state index in [1.165, 1.54) is 0 Å². The Hall–Kier alpha value is -1.78. The van der Waals surface area contributed by atoms with E-state index in [1.807, 2.05) is 43.3 Å². The highest BCUT2D eigenvalue weighted by Crippen LogP contribution is 2.23. The quantitative estimate of drug-likeness (QED) is 0.880. The zero-order valence-corrected chi connectivity index (χ0v) is 11.5. The van der Waals surface area contributed by atoms with Crippen LogP contribution in [0.2, 0.25) is 0 Å². The first-order valence-electron chi connectivity index (χ1n) is 6.67. The molecular formula is C16H19FN2O. The van der Waals surface area contributed by atoms with Crippen molar-refractivity contribution in [3.63, 3.8) is 0 Å². The third-order valence-corrected chi connectivity index (χ3v) is 3.26. The summed E-state index contributed by atoms with van der Waals surface area (Å²) in [6.07, 6.45) is 1.17. The average Bonchev–Trinajstić information content (AvgIpc) is 2.48. The Morgan fingerprint density at radius 1 is 1.15 bits per heavy atom. The van der Waals surface area contributed by atoms with Crippen molar-refractivity contribution in [3.05, 3.63) is 53.9 Å². The van der Waals surface area contributed by atoms with Gasteiger partial charge in [-0.15, -0.1) is 0 Å². The predicted molar refractivity (Wildman–Crippen MR) is 77.8 cm³/mol. The molecule has 2 atom stereocenters. The molecule has 0 radical (unpaired) electrons. The first kappa shape index (κ1) is 14.6. The second-order valence-electron chi connectivity index (χ2n) is 4.88. The topological polar surface area (TPSA) is 59.1 Å². The second-order valence-corrected chi connectivity index (χ2v) is 4.88. The Morgan fingerprint density at radius 3 is 2.30 bits per heavy atom. The number of benzene rings is 1. The van der Waals surface area contributed by atoms with Gasteiger partial charge in [0.15, 0.2) is 0 Å². The van der Waals surface area contributed by atoms with Crippen LogP contribution in [-0.4, -0.2) is 16.8 Å². The van der Waals surface area contributed by atoms with Gasteiger partial charge in [0.05, 0.1) is 18.5 Å². The number of aliphatic hydroxyl groups excluding tert-OH is 1. The van der Waals surface area contributed by atoms with Gasteiger partial charge in [-0.1, -0.05) is 30.3 Å². The first-order chi connectivity index (χ1) is 9.61. The van der Waals surface area contributed by atoms with E-state index < -0.39 is 12.8 Å². The fraction of sp³-hybridized carbons (Fsp3) is 0.312. The zero-order chi connectivity index (χ0) is 14.5. The SMILES string of the molecule is CC(N)c1ccc(-c2ccc(C(O)CCF)cc2)cn1. The number of rotatable bonds is 5. The number of pyridine rings is 1. The third kappa shape index (κ3) is 3.40. The molecular weight excluding hydrogens is 255 g/mol. The van der Waals surface area contributed by atoms with Crippen molar-refractivity contribution in [2.24, 2.45) is 5.73 Å². The summed E-state index contributed by atoms with van der Waals surface area (Å²) in [7, 11) is 0. The van der Waals surface area contributed by atoms with Crippen LogP contribution in [0, 0.1) is 0 Å². The van der Waals surface area contributed by atoms with Crippen molar-refractivity contribution in [1.82, 2.24) is 4.98 Å². The summed E-state index contributed by atoms with van der Waals surface area (Å²) in [5, 5.41) is 9.71. The van der Waals surface area contributed by atoms with Crippen LogP contribution in [0.25, 0.3) is 11.1 Å². The van der Waals surface area contributed by atoms with Crippen LogP contribution in [0.4, 0.5) is 4.39 Å². The van der Waals surface area contributed by atoms with Gasteiger partial charge in [-0.2, -0.15) is 0 Å². The molecule has 20 heavy (non-hydrogen) atoms. The number of aliphatic hydroxyl groups is 1. The van der Waals surface area contributed by atoms with Gasteiger partial charge in [-0.25, -0.2) is 0 Å². The molecule has 4 heteroatoms. The molecule has 0 saturated carbocycles. The largest absolute Gasteiger partial charge is 0.388 e. The van der Waals surface area contributed by atoms with E-state index >= 15 is 0 Å². The second kappa shape index (κ2) is 6.59. The molecule has 106 valence electrons. The van der Waals surface area contributed by atoms with Crippen LogP contribution < -0.4 is 5.73 Å². The molecule has 3 nitrogen and oxygen atoms in total. The van der Waals surface area contributed by atoms with E-state index in [-0.39, 0.29) is 12.5 Å². The zero-order valence-electron chi connectivity index (χ0n) is 11.5. The van der Waals surface area contributed by atoms with Crippen LogP contribution in [0.3, 0.4) is 0 Å². The highest BCUT2D eigenvalue weighted by atomic mass is 19.1. The number of alkyl halides is 1. The molecule has 2 rings (SSSR count). The summed E-state index contributed by atoms with van der Waals surface area (Å²) >= 11 is 0. The van der Waals surface area contributed by atoms with Gasteiger partial charge in [0.1, 0.15) is 0 Å². The van der Waals surface area contributed by atoms with Gasteiger partial charge in [-0.3, -0.25) is 9.37 Å². The van der Waals surface area contributed by atoms with Crippen molar-refractivity contribution in [3.8, 4) is 11.1 Å². The minimum atomic E-state index is -0.743. The normalized spacial score (nSPS) is 14.0. The van der Waals surface area contributed by atoms with E-state index in [0.717, 1.165) is 22.4 Å². The van der Waals surface area contributed by atoms with E-state index in [0.29, 0.717) is 0 Å². The molecule has 3 N–H and O–H groups in total. The summed E-state index contributed by atoms with van der Waals surface area (Å²) in [6, 6.07) is 11.2. The van der Waals surface area contributed by atoms with Crippen molar-refractivity contribution in [2.75, 3.05) is 6.67 Å². The standard InChI is InChI=1S/C16H19FN2O/c1-11(18)15-7-6-14(10-19-15)12-2-4-13(5-3-12)16(20)8-9-17/h2-7,10-11,16,20H,8-9,18H2,1H3. The lowest BCUT2D eigenvalue weighted by Crippen LogP contribution is -2.06. The fourth-order valence-corrected chi connectivity index (χ4v) is 2.01. The predicted octanol–water partition coefficient (Wildman–Crippen LogP) is 3.16. The maximum absolute atomic E-state index is 12.2. The molecule has 2 unspecified atom stereocenters. The number of hydrogen-bond donors (Lipinski definition) is 2. The van der Waals surface area contributed by atoms with Crippen molar-refractivity contribution in [1.29, 1.82) is 0 Å². The van der Waals surface area contributed by atoms with E-state index in [4.69, 9.17) is 5.73 Å². The first-order valence-corrected chi connectivity index (χ1v) is 6.67. The Bertz CT molecular complexity index is 537. The molecule has 0 aliphatic carbocycles. The van der Waals surface area contributed by atoms with Crippen LogP contribution in [-0.2, 0) is 0 Å². The Labute approximate surface area is 118 Å². The fourth-order valence-electron chi connectivity index (χ4n) is 2.01. The number of nitrogens with zero attached hydrogens (tertiary/aromatic N) is 1. The van der Waals surface area contributed by atoms with Crippen molar-refractivity contribution >= 4 is 0 Å². The summed E-state index contributed by atoms with van der Waals surface area (Å²) in [4.78, 5) is 4.32. The molecule has 0 fully saturated rings. The van der Waals surface area contributed by atoms with Gasteiger partial charge in [-0.05, 0) is 24.1 Å². The molecule has 0 aliphatic rings. The van der Waals surface area contributed by atoms with Gasteiger partial charge >= 0.3 is 0 Å². The Kier molecular flexibility index (Phi) is 4.82. The van der Waals surface area contributed by atoms with E-state index in [2.05, 4.69) is 4.98 Å². The molecule has 0 saturated heterocycles. The highest BCUT2D eigenvalue weighted by molar-refractivity contribution is 5.62. The number of nitrogens with two attached hydrogens (primary N) is 1. The maximum atomic E-state index is 12.2. The van der Waals surface area contributed by atoms with Crippen LogP contribution in [0.1, 0.15) is 36.7 Å². The van der Waals surface area contributed by atoms with Gasteiger partial charge in [0.2, 0.25) is 0 Å². The molecule has 0 amide bonds. The van der Waals surface area contributed by atoms with Gasteiger partial charge < -0.3 is 10.8 Å². The smallest absolute Gasteiger partial charge is 0.0922 e. The van der Waals surface area contributed by atoms with Crippen molar-refractivity contribution in [2.45, 2.75) is 25.5 Å². The lowest BCUT2D eigenvalue weighted by molar-refractivity contribution is 0.156. The van der Waals surface area contributed by atoms with Crippen molar-refractivity contribution < 1.29 is 9.50 Å². The average molecular weight is 274 g/mol. The number of hydrogen-bond acceptors (Lipinski definition) is 3. The number of halogens is 1. The third-order valence-electron chi connectivity index (χ3n) is 3.26. The molecule has 0 spiro atoms. The molecule has 0 aliphatic heterocycles. The van der Waals surface area contributed by atoms with Crippen LogP contribution in [0.5, 0.6) is 0 Å². The summed E-state index contributed by atoms with van der Waals surface area (Å²) in [6.45, 7) is 1.37. The van der Waals surface area contributed by atoms with Gasteiger partial charge in [0.25, 0.3) is 0 Å². The minimum Gasteiger partial charge on any atom is -0.388 e. The molecule has 1 aromatic heterocycles. The molecule has 1 heterocycles. The monoisotopic (exact) mass is 274 g/mol. The molecule has 1 aromatic carbocycles. The summed E-state index contributed by atoms with van der Waals surface area (Å²) in [5.74, 6) is 0. The molecule has 0 bridgehead atoms. The highest BCUT2D eigenvalue weighted by Gasteiger charge is 2.08. The van der Waals surface area contributed by atoms with Crippen LogP contribution in [0.15, 0.2) is 42.6 Å². The van der Waals surface area contributed by atoms with Crippen LogP contribution >= 0.6 is 0 Å². The maximum Gasteiger partial charge on any atom is 0.0922 e. The van der Waals surface area contributed by atoms with E-state index in [9.17, 15) is 9.50 Å².